The number of rotatable bonds is 5. The zero-order valence-electron chi connectivity index (χ0n) is 10.2. The summed E-state index contributed by atoms with van der Waals surface area (Å²) in [6.07, 6.45) is 0. The molecule has 0 fully saturated rings. The van der Waals surface area contributed by atoms with Crippen molar-refractivity contribution < 1.29 is 29.4 Å². The summed E-state index contributed by atoms with van der Waals surface area (Å²) in [6, 6.07) is 0. The van der Waals surface area contributed by atoms with Gasteiger partial charge in [-0.2, -0.15) is 0 Å². The van der Waals surface area contributed by atoms with E-state index < -0.39 is 34.6 Å². The average molecular weight is 284 g/mol. The topological polar surface area (TPSA) is 206 Å². The summed E-state index contributed by atoms with van der Waals surface area (Å²) in [7, 11) is 0. The number of carbonyl (C=O) groups excluding carboxylic acids is 4. The van der Waals surface area contributed by atoms with Crippen molar-refractivity contribution in [3.8, 4) is 0 Å². The number of hydrogen-bond donors (Lipinski definition) is 2. The van der Waals surface area contributed by atoms with Gasteiger partial charge in [0.2, 0.25) is 11.2 Å². The minimum atomic E-state index is -3.70. The highest BCUT2D eigenvalue weighted by molar-refractivity contribution is 6.23. The fraction of sp³-hybridized carbons (Fsp3) is 0.500. The highest BCUT2D eigenvalue weighted by atomic mass is 16.4. The molecule has 0 saturated carbocycles. The highest BCUT2D eigenvalue weighted by Crippen LogP contribution is 2.28. The van der Waals surface area contributed by atoms with Crippen LogP contribution >= 0.6 is 0 Å². The van der Waals surface area contributed by atoms with Crippen LogP contribution in [0.1, 0.15) is 13.8 Å². The number of Topliss-reactive ketones (excluding diaryl/α,β-unsaturated/α-hetero) is 2. The number of carbonyl (C=O) groups is 4. The minimum Gasteiger partial charge on any atom is -0.372 e. The predicted octanol–water partition coefficient (Wildman–Crippen LogP) is -0.700. The Balaban J connectivity index is 6.50. The van der Waals surface area contributed by atoms with Crippen molar-refractivity contribution >= 4 is 23.4 Å². The molecule has 12 nitrogen and oxygen atoms in total. The molecule has 0 saturated heterocycles. The fourth-order valence-corrected chi connectivity index (χ4v) is 1.35. The zero-order valence-corrected chi connectivity index (χ0v) is 10.2. The van der Waals surface area contributed by atoms with Crippen LogP contribution in [0.2, 0.25) is 0 Å². The van der Waals surface area contributed by atoms with Crippen LogP contribution in [0.5, 0.6) is 0 Å². The van der Waals surface area contributed by atoms with Crippen molar-refractivity contribution in [1.82, 2.24) is 0 Å². The molecule has 0 aromatic heterocycles. The molecule has 2 unspecified atom stereocenters. The van der Waals surface area contributed by atoms with Gasteiger partial charge in [0.15, 0.2) is 11.6 Å². The van der Waals surface area contributed by atoms with Gasteiger partial charge in [-0.25, -0.2) is 0 Å². The van der Waals surface area contributed by atoms with Gasteiger partial charge in [-0.1, -0.05) is 0 Å². The van der Waals surface area contributed by atoms with Crippen molar-refractivity contribution in [1.29, 1.82) is 0 Å². The lowest BCUT2D eigenvalue weighted by Gasteiger charge is -2.34. The molecule has 0 heterocycles. The van der Waals surface area contributed by atoms with Crippen LogP contribution < -0.4 is 0 Å². The lowest BCUT2D eigenvalue weighted by Crippen LogP contribution is -2.69. The molecule has 2 atom stereocenters. The summed E-state index contributed by atoms with van der Waals surface area (Å²) in [5.74, 6) is -7.11. The predicted molar refractivity (Wildman–Crippen MR) is 59.6 cm³/mol. The monoisotopic (exact) mass is 284 g/mol. The molecule has 12 heteroatoms. The van der Waals surface area contributed by atoms with E-state index in [4.69, 9.17) is 11.1 Å². The SMILES string of the molecule is CC(=O)C(O)(C(=O)N=[N+]=[N-])C(O)(C(C)=O)C(=O)N=[N+]=[N-]. The average Bonchev–Trinajstić information content (AvgIpc) is 2.36. The van der Waals surface area contributed by atoms with Crippen molar-refractivity contribution in [3.05, 3.63) is 20.9 Å². The summed E-state index contributed by atoms with van der Waals surface area (Å²) in [5.41, 5.74) is 8.82. The first-order valence-electron chi connectivity index (χ1n) is 4.76. The maximum atomic E-state index is 11.5. The molecule has 0 rings (SSSR count). The Hall–Kier alpha value is -2.78. The molecule has 0 spiro atoms. The largest absolute Gasteiger partial charge is 0.372 e. The number of nitrogens with zero attached hydrogens (tertiary/aromatic N) is 6. The Morgan fingerprint density at radius 3 is 1.25 bits per heavy atom. The van der Waals surface area contributed by atoms with E-state index in [-0.39, 0.29) is 0 Å². The van der Waals surface area contributed by atoms with Crippen molar-refractivity contribution in [2.75, 3.05) is 0 Å². The van der Waals surface area contributed by atoms with Crippen molar-refractivity contribution in [2.45, 2.75) is 25.0 Å². The molecular formula is C8H8N6O6. The Morgan fingerprint density at radius 2 is 1.10 bits per heavy atom. The Labute approximate surface area is 110 Å². The van der Waals surface area contributed by atoms with E-state index in [2.05, 4.69) is 10.2 Å². The van der Waals surface area contributed by atoms with Gasteiger partial charge in [-0.05, 0) is 35.1 Å². The van der Waals surface area contributed by atoms with Gasteiger partial charge in [0.05, 0.1) is 0 Å². The molecule has 2 amide bonds. The second kappa shape index (κ2) is 5.91. The van der Waals surface area contributed by atoms with Gasteiger partial charge in [0.25, 0.3) is 11.8 Å². The van der Waals surface area contributed by atoms with Crippen LogP contribution in [-0.4, -0.2) is 44.8 Å². The number of azide groups is 2. The third-order valence-corrected chi connectivity index (χ3v) is 2.43. The van der Waals surface area contributed by atoms with Crippen LogP contribution in [-0.2, 0) is 19.2 Å². The summed E-state index contributed by atoms with van der Waals surface area (Å²) in [5, 5.41) is 24.6. The molecule has 0 bridgehead atoms. The van der Waals surface area contributed by atoms with Crippen LogP contribution in [0.3, 0.4) is 0 Å². The van der Waals surface area contributed by atoms with E-state index in [1.54, 1.807) is 0 Å². The van der Waals surface area contributed by atoms with Gasteiger partial charge in [0, 0.05) is 9.82 Å². The normalized spacial score (nSPS) is 15.6. The summed E-state index contributed by atoms with van der Waals surface area (Å²) < 4.78 is 0. The second-order valence-corrected chi connectivity index (χ2v) is 3.52. The zero-order chi connectivity index (χ0) is 16.1. The molecular weight excluding hydrogens is 276 g/mol. The Bertz CT molecular complexity index is 536. The van der Waals surface area contributed by atoms with Gasteiger partial charge >= 0.3 is 0 Å². The van der Waals surface area contributed by atoms with E-state index in [9.17, 15) is 29.4 Å². The molecule has 20 heavy (non-hydrogen) atoms. The van der Waals surface area contributed by atoms with Gasteiger partial charge in [0.1, 0.15) is 0 Å². The first-order chi connectivity index (χ1) is 9.10. The third kappa shape index (κ3) is 2.35. The van der Waals surface area contributed by atoms with E-state index >= 15 is 0 Å². The number of amides is 2. The van der Waals surface area contributed by atoms with Gasteiger partial charge in [-0.15, -0.1) is 0 Å². The molecule has 106 valence electrons. The van der Waals surface area contributed by atoms with Crippen LogP contribution in [0.15, 0.2) is 10.2 Å². The number of hydrogen-bond acceptors (Lipinski definition) is 6. The minimum absolute atomic E-state index is 0.558. The number of ketones is 2. The molecule has 2 N–H and O–H groups in total. The van der Waals surface area contributed by atoms with Crippen LogP contribution in [0.4, 0.5) is 0 Å². The van der Waals surface area contributed by atoms with Crippen molar-refractivity contribution in [3.63, 3.8) is 0 Å². The lowest BCUT2D eigenvalue weighted by molar-refractivity contribution is -0.188. The maximum Gasteiger partial charge on any atom is 0.262 e. The standard InChI is InChI=1S/C8H8N6O6/c1-3(15)7(19,5(17)11-13-9)8(20,4(2)16)6(18)12-14-10/h19-20H,1-2H3. The second-order valence-electron chi connectivity index (χ2n) is 3.52. The third-order valence-electron chi connectivity index (χ3n) is 2.43. The summed E-state index contributed by atoms with van der Waals surface area (Å²) in [4.78, 5) is 49.7. The quantitative estimate of drug-likeness (QED) is 0.288. The molecule has 0 aliphatic rings. The first-order valence-corrected chi connectivity index (χ1v) is 4.76. The van der Waals surface area contributed by atoms with E-state index in [1.165, 1.54) is 0 Å². The maximum absolute atomic E-state index is 11.5. The Kier molecular flexibility index (Phi) is 5.09. The summed E-state index contributed by atoms with van der Waals surface area (Å²) in [6.45, 7) is 1.12. The smallest absolute Gasteiger partial charge is 0.262 e. The van der Waals surface area contributed by atoms with Gasteiger partial charge in [-0.3, -0.25) is 19.2 Å². The van der Waals surface area contributed by atoms with Crippen LogP contribution in [0, 0.1) is 0 Å². The van der Waals surface area contributed by atoms with E-state index in [0.29, 0.717) is 13.8 Å². The molecule has 0 aromatic rings. The lowest BCUT2D eigenvalue weighted by atomic mass is 9.76. The molecule has 0 aliphatic carbocycles. The van der Waals surface area contributed by atoms with Crippen LogP contribution in [0.25, 0.3) is 20.9 Å². The highest BCUT2D eigenvalue weighted by Gasteiger charge is 2.65. The Morgan fingerprint density at radius 1 is 0.850 bits per heavy atom. The number of aliphatic hydroxyl groups is 2. The molecule has 0 aromatic carbocycles. The van der Waals surface area contributed by atoms with E-state index in [0.717, 1.165) is 0 Å². The molecule has 0 radical (unpaired) electrons. The van der Waals surface area contributed by atoms with Crippen molar-refractivity contribution in [2.24, 2.45) is 10.2 Å². The summed E-state index contributed by atoms with van der Waals surface area (Å²) >= 11 is 0. The first kappa shape index (κ1) is 17.2. The van der Waals surface area contributed by atoms with E-state index in [1.807, 2.05) is 9.82 Å². The van der Waals surface area contributed by atoms with Gasteiger partial charge < -0.3 is 10.2 Å². The molecule has 0 aliphatic heterocycles. The fourth-order valence-electron chi connectivity index (χ4n) is 1.35.